The Hall–Kier alpha value is -5.53. The second kappa shape index (κ2) is 13.4. The van der Waals surface area contributed by atoms with Crippen molar-refractivity contribution in [2.75, 3.05) is 0 Å². The second-order valence-corrected chi connectivity index (χ2v) is 11.7. The van der Waals surface area contributed by atoms with Gasteiger partial charge in [0.15, 0.2) is 0 Å². The van der Waals surface area contributed by atoms with Crippen LogP contribution in [0.25, 0.3) is 0 Å². The Kier molecular flexibility index (Phi) is 8.80. The van der Waals surface area contributed by atoms with E-state index in [9.17, 15) is 20.2 Å². The van der Waals surface area contributed by atoms with Crippen molar-refractivity contribution in [2.24, 2.45) is 0 Å². The van der Waals surface area contributed by atoms with Gasteiger partial charge in [0.05, 0.1) is 9.85 Å². The molecule has 0 N–H and O–H groups in total. The molecule has 0 radical (unpaired) electrons. The van der Waals surface area contributed by atoms with E-state index in [4.69, 9.17) is 0 Å². The second-order valence-electron chi connectivity index (χ2n) is 10.6. The summed E-state index contributed by atoms with van der Waals surface area (Å²) in [6, 6.07) is 49.7. The fourth-order valence-corrected chi connectivity index (χ4v) is 6.84. The maximum Gasteiger partial charge on any atom is 0.269 e. The van der Waals surface area contributed by atoms with Gasteiger partial charge in [-0.15, -0.1) is 0 Å². The lowest BCUT2D eigenvalue weighted by atomic mass is 9.85. The van der Waals surface area contributed by atoms with Gasteiger partial charge in [0.25, 0.3) is 11.4 Å². The van der Waals surface area contributed by atoms with E-state index in [2.05, 4.69) is 0 Å². The highest BCUT2D eigenvalue weighted by Crippen LogP contribution is 2.46. The number of benzene rings is 6. The minimum absolute atomic E-state index is 0.00147. The Labute approximate surface area is 265 Å². The molecule has 0 aliphatic heterocycles. The first-order valence-corrected chi connectivity index (χ1v) is 15.3. The van der Waals surface area contributed by atoms with Gasteiger partial charge in [-0.05, 0) is 45.5 Å². The van der Waals surface area contributed by atoms with E-state index in [-0.39, 0.29) is 33.1 Å². The van der Waals surface area contributed by atoms with Gasteiger partial charge in [0, 0.05) is 45.9 Å². The first-order chi connectivity index (χ1) is 22.0. The molecule has 0 aliphatic rings. The summed E-state index contributed by atoms with van der Waals surface area (Å²) in [6.07, 6.45) is 0. The topological polar surface area (TPSA) is 86.3 Å². The molecule has 0 saturated heterocycles. The Bertz CT molecular complexity index is 1710. The summed E-state index contributed by atoms with van der Waals surface area (Å²) in [6.45, 7) is 0. The molecular weight excluding hydrogens is 580 g/mol. The number of rotatable bonds is 10. The Balaban J connectivity index is 1.56. The summed E-state index contributed by atoms with van der Waals surface area (Å²) in [5.41, 5.74) is 5.58. The normalized spacial score (nSPS) is 11.1. The summed E-state index contributed by atoms with van der Waals surface area (Å²) in [4.78, 5) is 24.9. The lowest BCUT2D eigenvalue weighted by molar-refractivity contribution is -0.385. The van der Waals surface area contributed by atoms with Crippen LogP contribution in [0.2, 0.25) is 0 Å². The largest absolute Gasteiger partial charge is 0.269 e. The van der Waals surface area contributed by atoms with Gasteiger partial charge in [-0.25, -0.2) is 0 Å². The van der Waals surface area contributed by atoms with E-state index in [0.717, 1.165) is 43.2 Å². The van der Waals surface area contributed by atoms with Gasteiger partial charge in [-0.3, -0.25) is 20.2 Å². The van der Waals surface area contributed by atoms with Crippen molar-refractivity contribution in [3.8, 4) is 0 Å². The van der Waals surface area contributed by atoms with Crippen molar-refractivity contribution in [1.82, 2.24) is 0 Å². The standard InChI is InChI=1S/C38H28N2O4S/c41-39(42)31-21-23-35(33(25-31)37(27-13-5-1-6-14-27)28-15-7-2-8-16-28)45-36-24-22-32(40(43)44)26-34(36)38(29-17-9-3-10-18-29)30-19-11-4-12-20-30/h1-26,37-38H. The average Bonchev–Trinajstić information content (AvgIpc) is 3.08. The maximum absolute atomic E-state index is 12.0. The van der Waals surface area contributed by atoms with E-state index < -0.39 is 0 Å². The number of non-ortho nitro benzene ring substituents is 2. The van der Waals surface area contributed by atoms with Crippen LogP contribution in [0.3, 0.4) is 0 Å². The molecule has 0 spiro atoms. The molecule has 6 aromatic carbocycles. The highest BCUT2D eigenvalue weighted by Gasteiger charge is 2.27. The smallest absolute Gasteiger partial charge is 0.258 e. The fourth-order valence-electron chi connectivity index (χ4n) is 5.74. The highest BCUT2D eigenvalue weighted by atomic mass is 32.2. The number of nitrogens with zero attached hydrogens (tertiary/aromatic N) is 2. The van der Waals surface area contributed by atoms with Gasteiger partial charge in [-0.1, -0.05) is 133 Å². The molecule has 6 rings (SSSR count). The zero-order valence-corrected chi connectivity index (χ0v) is 24.9. The molecule has 0 atom stereocenters. The summed E-state index contributed by atoms with van der Waals surface area (Å²) < 4.78 is 0. The molecule has 45 heavy (non-hydrogen) atoms. The van der Waals surface area contributed by atoms with Crippen molar-refractivity contribution in [3.05, 3.63) is 211 Å². The first kappa shape index (κ1) is 29.5. The van der Waals surface area contributed by atoms with Crippen molar-refractivity contribution in [1.29, 1.82) is 0 Å². The lowest BCUT2D eigenvalue weighted by Crippen LogP contribution is -2.07. The average molecular weight is 609 g/mol. The SMILES string of the molecule is O=[N+]([O-])c1ccc(Sc2ccc([N+](=O)[O-])cc2C(c2ccccc2)c2ccccc2)c(C(c2ccccc2)c2ccccc2)c1. The molecule has 220 valence electrons. The van der Waals surface area contributed by atoms with Crippen LogP contribution in [-0.4, -0.2) is 9.85 Å². The third kappa shape index (κ3) is 6.54. The monoisotopic (exact) mass is 608 g/mol. The predicted molar refractivity (Wildman–Crippen MR) is 178 cm³/mol. The van der Waals surface area contributed by atoms with Gasteiger partial charge in [0.2, 0.25) is 0 Å². The molecule has 6 nitrogen and oxygen atoms in total. The molecule has 0 aliphatic carbocycles. The molecule has 0 unspecified atom stereocenters. The molecule has 6 aromatic rings. The van der Waals surface area contributed by atoms with Crippen LogP contribution in [0.4, 0.5) is 11.4 Å². The van der Waals surface area contributed by atoms with Crippen LogP contribution in [0.5, 0.6) is 0 Å². The summed E-state index contributed by atoms with van der Waals surface area (Å²) in [5.74, 6) is -0.564. The minimum atomic E-state index is -0.372. The van der Waals surface area contributed by atoms with Crippen molar-refractivity contribution >= 4 is 23.1 Å². The summed E-state index contributed by atoms with van der Waals surface area (Å²) >= 11 is 1.47. The molecule has 0 aromatic heterocycles. The van der Waals surface area contributed by atoms with Crippen LogP contribution in [0.1, 0.15) is 45.2 Å². The van der Waals surface area contributed by atoms with Crippen LogP contribution < -0.4 is 0 Å². The number of nitro groups is 2. The number of nitro benzene ring substituents is 2. The molecule has 0 saturated carbocycles. The molecule has 7 heteroatoms. The quantitative estimate of drug-likeness (QED) is 0.0877. The van der Waals surface area contributed by atoms with Crippen LogP contribution in [0.15, 0.2) is 168 Å². The van der Waals surface area contributed by atoms with E-state index in [0.29, 0.717) is 0 Å². The van der Waals surface area contributed by atoms with Gasteiger partial charge >= 0.3 is 0 Å². The Morgan fingerprint density at radius 1 is 0.422 bits per heavy atom. The van der Waals surface area contributed by atoms with Gasteiger partial charge in [-0.2, -0.15) is 0 Å². The molecule has 0 bridgehead atoms. The molecule has 0 heterocycles. The van der Waals surface area contributed by atoms with Crippen LogP contribution in [0, 0.1) is 20.2 Å². The van der Waals surface area contributed by atoms with Gasteiger partial charge in [0.1, 0.15) is 0 Å². The van der Waals surface area contributed by atoms with Crippen molar-refractivity contribution in [2.45, 2.75) is 21.6 Å². The molecule has 0 fully saturated rings. The highest BCUT2D eigenvalue weighted by molar-refractivity contribution is 7.99. The van der Waals surface area contributed by atoms with Crippen LogP contribution >= 0.6 is 11.8 Å². The van der Waals surface area contributed by atoms with Crippen LogP contribution in [-0.2, 0) is 0 Å². The predicted octanol–water partition coefficient (Wildman–Crippen LogP) is 10.0. The van der Waals surface area contributed by atoms with Crippen molar-refractivity contribution in [3.63, 3.8) is 0 Å². The minimum Gasteiger partial charge on any atom is -0.258 e. The Morgan fingerprint density at radius 3 is 0.978 bits per heavy atom. The van der Waals surface area contributed by atoms with E-state index in [1.54, 1.807) is 24.3 Å². The van der Waals surface area contributed by atoms with E-state index in [1.165, 1.54) is 23.9 Å². The molecule has 0 amide bonds. The van der Waals surface area contributed by atoms with Crippen molar-refractivity contribution < 1.29 is 9.85 Å². The third-order valence-corrected chi connectivity index (χ3v) is 8.97. The summed E-state index contributed by atoms with van der Waals surface area (Å²) in [5, 5.41) is 24.0. The fraction of sp³-hybridized carbons (Fsp3) is 0.0526. The number of hydrogen-bond acceptors (Lipinski definition) is 5. The first-order valence-electron chi connectivity index (χ1n) is 14.4. The third-order valence-electron chi connectivity index (χ3n) is 7.78. The molecular formula is C38H28N2O4S. The lowest BCUT2D eigenvalue weighted by Gasteiger charge is -2.24. The van der Waals surface area contributed by atoms with Gasteiger partial charge < -0.3 is 0 Å². The number of hydrogen-bond donors (Lipinski definition) is 0. The zero-order valence-electron chi connectivity index (χ0n) is 24.1. The Morgan fingerprint density at radius 2 is 0.711 bits per heavy atom. The van der Waals surface area contributed by atoms with E-state index >= 15 is 0 Å². The maximum atomic E-state index is 12.0. The zero-order chi connectivity index (χ0) is 31.2. The summed E-state index contributed by atoms with van der Waals surface area (Å²) in [7, 11) is 0. The van der Waals surface area contributed by atoms with E-state index in [1.807, 2.05) is 121 Å².